The molecule has 8 heteroatoms. The third-order valence-corrected chi connectivity index (χ3v) is 6.73. The average Bonchev–Trinajstić information content (AvgIpc) is 3.26. The molecule has 3 aromatic rings. The minimum atomic E-state index is -1.23. The van der Waals surface area contributed by atoms with Crippen LogP contribution in [0.4, 0.5) is 4.79 Å². The number of benzene rings is 3. The molecule has 0 saturated carbocycles. The Morgan fingerprint density at radius 1 is 0.868 bits per heavy atom. The van der Waals surface area contributed by atoms with Crippen molar-refractivity contribution < 1.29 is 29.0 Å². The zero-order chi connectivity index (χ0) is 27.1. The predicted octanol–water partition coefficient (Wildman–Crippen LogP) is 4.34. The number of hydrogen-bond donors (Lipinski definition) is 3. The Bertz CT molecular complexity index is 1230. The summed E-state index contributed by atoms with van der Waals surface area (Å²) in [5.74, 6) is -2.46. The standard InChI is InChI=1S/C30H32N2O6/c1-19(28(33)32-27(29(34)35)20(2)37-17-21-10-4-3-5-11-21)16-31-30(36)38-18-26-24-14-8-6-12-22(24)23-13-7-9-15-25(23)26/h3-15,19-20,26-27H,16-18H2,1-2H3,(H,31,36)(H,32,33)(H,34,35)/t19?,20-,27+/m1/s1. The van der Waals surface area contributed by atoms with Crippen molar-refractivity contribution in [1.29, 1.82) is 0 Å². The number of carboxylic acid groups (broad SMARTS) is 1. The zero-order valence-electron chi connectivity index (χ0n) is 21.4. The number of aliphatic carboxylic acids is 1. The molecule has 3 aromatic carbocycles. The second kappa shape index (κ2) is 12.4. The Kier molecular flexibility index (Phi) is 8.76. The van der Waals surface area contributed by atoms with Crippen molar-refractivity contribution in [3.05, 3.63) is 95.6 Å². The van der Waals surface area contributed by atoms with Crippen LogP contribution in [0.25, 0.3) is 11.1 Å². The van der Waals surface area contributed by atoms with Crippen LogP contribution in [0.2, 0.25) is 0 Å². The van der Waals surface area contributed by atoms with Crippen LogP contribution in [-0.2, 0) is 25.7 Å². The van der Waals surface area contributed by atoms with Crippen molar-refractivity contribution in [2.75, 3.05) is 13.2 Å². The van der Waals surface area contributed by atoms with Crippen LogP contribution in [0.15, 0.2) is 78.9 Å². The number of hydrogen-bond acceptors (Lipinski definition) is 5. The van der Waals surface area contributed by atoms with E-state index in [2.05, 4.69) is 22.8 Å². The maximum absolute atomic E-state index is 12.7. The predicted molar refractivity (Wildman–Crippen MR) is 142 cm³/mol. The van der Waals surface area contributed by atoms with Gasteiger partial charge in [-0.25, -0.2) is 9.59 Å². The van der Waals surface area contributed by atoms with Gasteiger partial charge in [0.05, 0.1) is 18.6 Å². The van der Waals surface area contributed by atoms with Gasteiger partial charge in [-0.1, -0.05) is 85.8 Å². The van der Waals surface area contributed by atoms with E-state index in [9.17, 15) is 19.5 Å². The topological polar surface area (TPSA) is 114 Å². The molecule has 1 unspecified atom stereocenters. The molecule has 1 aliphatic rings. The number of rotatable bonds is 11. The fourth-order valence-electron chi connectivity index (χ4n) is 4.55. The number of carboxylic acids is 1. The van der Waals surface area contributed by atoms with Gasteiger partial charge in [0.25, 0.3) is 0 Å². The first-order valence-electron chi connectivity index (χ1n) is 12.6. The second-order valence-corrected chi connectivity index (χ2v) is 9.43. The summed E-state index contributed by atoms with van der Waals surface area (Å²) in [6.45, 7) is 3.58. The summed E-state index contributed by atoms with van der Waals surface area (Å²) in [7, 11) is 0. The lowest BCUT2D eigenvalue weighted by molar-refractivity contribution is -0.147. The van der Waals surface area contributed by atoms with Gasteiger partial charge >= 0.3 is 12.1 Å². The monoisotopic (exact) mass is 516 g/mol. The fraction of sp³-hybridized carbons (Fsp3) is 0.300. The summed E-state index contributed by atoms with van der Waals surface area (Å²) in [6.07, 6.45) is -1.40. The van der Waals surface area contributed by atoms with Gasteiger partial charge in [0.2, 0.25) is 5.91 Å². The number of nitrogens with one attached hydrogen (secondary N) is 2. The maximum atomic E-state index is 12.7. The van der Waals surface area contributed by atoms with E-state index >= 15 is 0 Å². The van der Waals surface area contributed by atoms with Crippen LogP contribution in [-0.4, -0.2) is 48.4 Å². The quantitative estimate of drug-likeness (QED) is 0.350. The highest BCUT2D eigenvalue weighted by Gasteiger charge is 2.30. The van der Waals surface area contributed by atoms with Crippen molar-refractivity contribution in [2.24, 2.45) is 5.92 Å². The van der Waals surface area contributed by atoms with Gasteiger partial charge in [0.1, 0.15) is 6.61 Å². The number of carbonyl (C=O) groups is 3. The highest BCUT2D eigenvalue weighted by molar-refractivity contribution is 5.85. The molecule has 2 amide bonds. The molecule has 0 fully saturated rings. The first-order chi connectivity index (χ1) is 18.3. The third kappa shape index (κ3) is 6.39. The molecule has 38 heavy (non-hydrogen) atoms. The minimum absolute atomic E-state index is 0.00585. The lowest BCUT2D eigenvalue weighted by Crippen LogP contribution is -2.51. The van der Waals surface area contributed by atoms with Crippen LogP contribution in [0.3, 0.4) is 0 Å². The Hall–Kier alpha value is -4.17. The Morgan fingerprint density at radius 3 is 2.05 bits per heavy atom. The van der Waals surface area contributed by atoms with E-state index in [0.717, 1.165) is 27.8 Å². The lowest BCUT2D eigenvalue weighted by atomic mass is 9.98. The Balaban J connectivity index is 1.25. The van der Waals surface area contributed by atoms with Gasteiger partial charge in [0.15, 0.2) is 6.04 Å². The maximum Gasteiger partial charge on any atom is 0.407 e. The van der Waals surface area contributed by atoms with Gasteiger partial charge in [-0.2, -0.15) is 0 Å². The Morgan fingerprint density at radius 2 is 1.45 bits per heavy atom. The van der Waals surface area contributed by atoms with Crippen LogP contribution >= 0.6 is 0 Å². The van der Waals surface area contributed by atoms with Gasteiger partial charge in [0, 0.05) is 12.5 Å². The smallest absolute Gasteiger partial charge is 0.407 e. The van der Waals surface area contributed by atoms with Crippen molar-refractivity contribution in [1.82, 2.24) is 10.6 Å². The molecule has 0 aliphatic heterocycles. The zero-order valence-corrected chi connectivity index (χ0v) is 21.4. The second-order valence-electron chi connectivity index (χ2n) is 9.43. The molecule has 4 rings (SSSR count). The summed E-state index contributed by atoms with van der Waals surface area (Å²) in [5, 5.41) is 14.8. The van der Waals surface area contributed by atoms with Gasteiger partial charge < -0.3 is 25.2 Å². The largest absolute Gasteiger partial charge is 0.480 e. The normalized spacial score (nSPS) is 14.5. The van der Waals surface area contributed by atoms with Crippen LogP contribution in [0.5, 0.6) is 0 Å². The van der Waals surface area contributed by atoms with E-state index in [-0.39, 0.29) is 25.7 Å². The summed E-state index contributed by atoms with van der Waals surface area (Å²) in [5.41, 5.74) is 5.39. The summed E-state index contributed by atoms with van der Waals surface area (Å²) < 4.78 is 11.2. The molecule has 0 spiro atoms. The van der Waals surface area contributed by atoms with E-state index in [1.54, 1.807) is 13.8 Å². The fourth-order valence-corrected chi connectivity index (χ4v) is 4.55. The highest BCUT2D eigenvalue weighted by atomic mass is 16.5. The van der Waals surface area contributed by atoms with E-state index in [1.807, 2.05) is 66.7 Å². The highest BCUT2D eigenvalue weighted by Crippen LogP contribution is 2.44. The van der Waals surface area contributed by atoms with Gasteiger partial charge in [-0.15, -0.1) is 0 Å². The lowest BCUT2D eigenvalue weighted by Gasteiger charge is -2.23. The molecule has 8 nitrogen and oxygen atoms in total. The van der Waals surface area contributed by atoms with Crippen LogP contribution in [0, 0.1) is 5.92 Å². The number of alkyl carbamates (subject to hydrolysis) is 1. The SMILES string of the molecule is CC(CNC(=O)OCC1c2ccccc2-c2ccccc21)C(=O)N[C@H](C(=O)O)[C@@H](C)OCc1ccccc1. The molecule has 0 bridgehead atoms. The minimum Gasteiger partial charge on any atom is -0.480 e. The molecular formula is C30H32N2O6. The number of carbonyl (C=O) groups excluding carboxylic acids is 2. The van der Waals surface area contributed by atoms with Crippen LogP contribution in [0.1, 0.15) is 36.5 Å². The van der Waals surface area contributed by atoms with E-state index in [1.165, 1.54) is 0 Å². The van der Waals surface area contributed by atoms with E-state index in [0.29, 0.717) is 0 Å². The summed E-state index contributed by atoms with van der Waals surface area (Å²) in [6, 6.07) is 24.2. The van der Waals surface area contributed by atoms with Crippen LogP contribution < -0.4 is 10.6 Å². The number of amides is 2. The molecule has 0 heterocycles. The van der Waals surface area contributed by atoms with Crippen molar-refractivity contribution in [3.63, 3.8) is 0 Å². The molecule has 0 radical (unpaired) electrons. The molecule has 3 atom stereocenters. The average molecular weight is 517 g/mol. The Labute approximate surface area is 222 Å². The van der Waals surface area contributed by atoms with E-state index < -0.39 is 36.0 Å². The molecule has 3 N–H and O–H groups in total. The molecule has 0 aromatic heterocycles. The van der Waals surface area contributed by atoms with E-state index in [4.69, 9.17) is 9.47 Å². The van der Waals surface area contributed by atoms with Crippen molar-refractivity contribution in [2.45, 2.75) is 38.5 Å². The molecule has 198 valence electrons. The van der Waals surface area contributed by atoms with Crippen molar-refractivity contribution >= 4 is 18.0 Å². The first-order valence-corrected chi connectivity index (χ1v) is 12.6. The van der Waals surface area contributed by atoms with Gasteiger partial charge in [-0.05, 0) is 34.7 Å². The summed E-state index contributed by atoms with van der Waals surface area (Å²) in [4.78, 5) is 36.9. The molecule has 0 saturated heterocycles. The number of fused-ring (bicyclic) bond motifs is 3. The number of ether oxygens (including phenoxy) is 2. The molecular weight excluding hydrogens is 484 g/mol. The first kappa shape index (κ1) is 26.9. The van der Waals surface area contributed by atoms with Crippen molar-refractivity contribution in [3.8, 4) is 11.1 Å². The summed E-state index contributed by atoms with van der Waals surface area (Å²) >= 11 is 0. The molecule has 1 aliphatic carbocycles. The van der Waals surface area contributed by atoms with Gasteiger partial charge in [-0.3, -0.25) is 4.79 Å². The third-order valence-electron chi connectivity index (χ3n) is 6.73.